The molecule has 2 aromatic carbocycles. The maximum absolute atomic E-state index is 13.1. The Bertz CT molecular complexity index is 613. The zero-order valence-corrected chi connectivity index (χ0v) is 13.4. The Balaban J connectivity index is 2.21. The van der Waals surface area contributed by atoms with Gasteiger partial charge in [0.25, 0.3) is 0 Å². The molecule has 0 aliphatic carbocycles. The summed E-state index contributed by atoms with van der Waals surface area (Å²) in [5, 5.41) is 3.31. The summed E-state index contributed by atoms with van der Waals surface area (Å²) in [6, 6.07) is 8.93. The number of benzene rings is 2. The third kappa shape index (κ3) is 4.25. The minimum atomic E-state index is -0.668. The number of hydrogen-bond donors (Lipinski definition) is 1. The highest BCUT2D eigenvalue weighted by Gasteiger charge is 2.09. The molecule has 2 nitrogen and oxygen atoms in total. The predicted molar refractivity (Wildman–Crippen MR) is 82.7 cm³/mol. The minimum absolute atomic E-state index is 0.126. The van der Waals surface area contributed by atoms with E-state index >= 15 is 0 Å². The van der Waals surface area contributed by atoms with Crippen molar-refractivity contribution in [2.24, 2.45) is 0 Å². The Morgan fingerprint density at radius 2 is 1.81 bits per heavy atom. The first-order valence-corrected chi connectivity index (χ1v) is 7.45. The van der Waals surface area contributed by atoms with Crippen LogP contribution in [-0.2, 0) is 0 Å². The van der Waals surface area contributed by atoms with E-state index in [4.69, 9.17) is 4.74 Å². The van der Waals surface area contributed by atoms with Crippen LogP contribution in [0.25, 0.3) is 0 Å². The molecule has 2 rings (SSSR count). The Hall–Kier alpha value is -1.46. The third-order valence-corrected chi connectivity index (χ3v) is 3.65. The molecule has 0 heterocycles. The highest BCUT2D eigenvalue weighted by Crippen LogP contribution is 2.32. The van der Waals surface area contributed by atoms with Crippen molar-refractivity contribution < 1.29 is 13.5 Å². The van der Waals surface area contributed by atoms with Gasteiger partial charge in [0, 0.05) is 24.2 Å². The molecule has 2 aromatic rings. The molecular formula is C16H16BrF2NO. The quantitative estimate of drug-likeness (QED) is 0.796. The van der Waals surface area contributed by atoms with Crippen LogP contribution in [0.3, 0.4) is 0 Å². The molecule has 5 heteroatoms. The van der Waals surface area contributed by atoms with E-state index in [1.54, 1.807) is 6.07 Å². The zero-order chi connectivity index (χ0) is 15.4. The highest BCUT2D eigenvalue weighted by atomic mass is 79.9. The zero-order valence-electron chi connectivity index (χ0n) is 11.8. The SMILES string of the molecule is CCNC(C)c1ccc(Oc2cc(F)cc(F)c2)c(Br)c1. The van der Waals surface area contributed by atoms with E-state index in [-0.39, 0.29) is 11.8 Å². The van der Waals surface area contributed by atoms with Crippen LogP contribution >= 0.6 is 15.9 Å². The summed E-state index contributed by atoms with van der Waals surface area (Å²) in [5.41, 5.74) is 1.10. The van der Waals surface area contributed by atoms with Crippen molar-refractivity contribution in [1.29, 1.82) is 0 Å². The summed E-state index contributed by atoms with van der Waals surface area (Å²) in [4.78, 5) is 0. The molecule has 1 atom stereocenters. The maximum atomic E-state index is 13.1. The van der Waals surface area contributed by atoms with Crippen molar-refractivity contribution >= 4 is 15.9 Å². The van der Waals surface area contributed by atoms with E-state index in [2.05, 4.69) is 28.2 Å². The average Bonchev–Trinajstić information content (AvgIpc) is 2.40. The van der Waals surface area contributed by atoms with Crippen molar-refractivity contribution in [2.45, 2.75) is 19.9 Å². The van der Waals surface area contributed by atoms with E-state index in [1.807, 2.05) is 19.1 Å². The molecule has 112 valence electrons. The Kier molecular flexibility index (Phi) is 5.31. The number of nitrogens with one attached hydrogen (secondary N) is 1. The molecule has 1 unspecified atom stereocenters. The second kappa shape index (κ2) is 7.00. The smallest absolute Gasteiger partial charge is 0.141 e. The molecule has 0 bridgehead atoms. The van der Waals surface area contributed by atoms with E-state index in [9.17, 15) is 8.78 Å². The summed E-state index contributed by atoms with van der Waals surface area (Å²) in [7, 11) is 0. The molecule has 0 amide bonds. The van der Waals surface area contributed by atoms with Gasteiger partial charge >= 0.3 is 0 Å². The molecule has 0 saturated heterocycles. The fraction of sp³-hybridized carbons (Fsp3) is 0.250. The normalized spacial score (nSPS) is 12.2. The molecule has 0 radical (unpaired) electrons. The summed E-state index contributed by atoms with van der Waals surface area (Å²) < 4.78 is 32.5. The van der Waals surface area contributed by atoms with Crippen LogP contribution in [0, 0.1) is 11.6 Å². The van der Waals surface area contributed by atoms with Crippen LogP contribution in [0.1, 0.15) is 25.5 Å². The molecule has 0 aliphatic heterocycles. The van der Waals surface area contributed by atoms with Gasteiger partial charge in [-0.05, 0) is 47.1 Å². The van der Waals surface area contributed by atoms with E-state index < -0.39 is 11.6 Å². The Morgan fingerprint density at radius 3 is 2.38 bits per heavy atom. The van der Waals surface area contributed by atoms with Crippen molar-refractivity contribution in [3.63, 3.8) is 0 Å². The first-order chi connectivity index (χ1) is 9.99. The van der Waals surface area contributed by atoms with E-state index in [0.717, 1.165) is 34.8 Å². The number of ether oxygens (including phenoxy) is 1. The predicted octanol–water partition coefficient (Wildman–Crippen LogP) is 5.19. The lowest BCUT2D eigenvalue weighted by Crippen LogP contribution is -2.17. The molecule has 0 aromatic heterocycles. The second-order valence-corrected chi connectivity index (χ2v) is 5.53. The summed E-state index contributed by atoms with van der Waals surface area (Å²) in [6.45, 7) is 4.98. The van der Waals surface area contributed by atoms with Crippen LogP contribution in [0.5, 0.6) is 11.5 Å². The van der Waals surface area contributed by atoms with E-state index in [0.29, 0.717) is 5.75 Å². The fourth-order valence-corrected chi connectivity index (χ4v) is 2.49. The van der Waals surface area contributed by atoms with Gasteiger partial charge in [0.2, 0.25) is 0 Å². The van der Waals surface area contributed by atoms with Crippen LogP contribution < -0.4 is 10.1 Å². The number of halogens is 3. The lowest BCUT2D eigenvalue weighted by Gasteiger charge is -2.15. The lowest BCUT2D eigenvalue weighted by atomic mass is 10.1. The summed E-state index contributed by atoms with van der Waals surface area (Å²) >= 11 is 3.42. The monoisotopic (exact) mass is 355 g/mol. The average molecular weight is 356 g/mol. The Morgan fingerprint density at radius 1 is 1.14 bits per heavy atom. The van der Waals surface area contributed by atoms with Crippen LogP contribution in [0.15, 0.2) is 40.9 Å². The topological polar surface area (TPSA) is 21.3 Å². The number of rotatable bonds is 5. The largest absolute Gasteiger partial charge is 0.456 e. The van der Waals surface area contributed by atoms with Gasteiger partial charge in [-0.1, -0.05) is 13.0 Å². The van der Waals surface area contributed by atoms with Crippen molar-refractivity contribution in [1.82, 2.24) is 5.32 Å². The highest BCUT2D eigenvalue weighted by molar-refractivity contribution is 9.10. The molecule has 0 saturated carbocycles. The molecule has 0 fully saturated rings. The van der Waals surface area contributed by atoms with Gasteiger partial charge < -0.3 is 10.1 Å². The standard InChI is InChI=1S/C16H16BrF2NO/c1-3-20-10(2)11-4-5-16(15(17)6-11)21-14-8-12(18)7-13(19)9-14/h4-10,20H,3H2,1-2H3. The molecule has 0 aliphatic rings. The minimum Gasteiger partial charge on any atom is -0.456 e. The first-order valence-electron chi connectivity index (χ1n) is 6.66. The van der Waals surface area contributed by atoms with Gasteiger partial charge in [-0.15, -0.1) is 0 Å². The van der Waals surface area contributed by atoms with Crippen LogP contribution in [0.4, 0.5) is 8.78 Å². The van der Waals surface area contributed by atoms with Gasteiger partial charge in [-0.3, -0.25) is 0 Å². The van der Waals surface area contributed by atoms with Gasteiger partial charge in [-0.25, -0.2) is 8.78 Å². The van der Waals surface area contributed by atoms with Crippen LogP contribution in [0.2, 0.25) is 0 Å². The van der Waals surface area contributed by atoms with Crippen LogP contribution in [-0.4, -0.2) is 6.54 Å². The molecular weight excluding hydrogens is 340 g/mol. The van der Waals surface area contributed by atoms with Gasteiger partial charge in [0.15, 0.2) is 0 Å². The fourth-order valence-electron chi connectivity index (χ4n) is 2.01. The van der Waals surface area contributed by atoms with Gasteiger partial charge in [-0.2, -0.15) is 0 Å². The van der Waals surface area contributed by atoms with Crippen molar-refractivity contribution in [3.05, 3.63) is 58.1 Å². The van der Waals surface area contributed by atoms with Crippen molar-refractivity contribution in [2.75, 3.05) is 6.54 Å². The van der Waals surface area contributed by atoms with Crippen molar-refractivity contribution in [3.8, 4) is 11.5 Å². The molecule has 0 spiro atoms. The molecule has 21 heavy (non-hydrogen) atoms. The molecule has 1 N–H and O–H groups in total. The third-order valence-electron chi connectivity index (χ3n) is 3.03. The second-order valence-electron chi connectivity index (χ2n) is 4.68. The Labute approximate surface area is 131 Å². The first kappa shape index (κ1) is 15.9. The maximum Gasteiger partial charge on any atom is 0.141 e. The van der Waals surface area contributed by atoms with Gasteiger partial charge in [0.05, 0.1) is 4.47 Å². The number of hydrogen-bond acceptors (Lipinski definition) is 2. The van der Waals surface area contributed by atoms with Gasteiger partial charge in [0.1, 0.15) is 23.1 Å². The summed E-state index contributed by atoms with van der Waals surface area (Å²) in [6.07, 6.45) is 0. The lowest BCUT2D eigenvalue weighted by molar-refractivity contribution is 0.465. The summed E-state index contributed by atoms with van der Waals surface area (Å²) in [5.74, 6) is -0.704. The van der Waals surface area contributed by atoms with E-state index in [1.165, 1.54) is 0 Å².